The molecule has 1 amide bonds. The SMILES string of the molecule is NC[C@H](Cc1ccc2ccccc2c1)NC(=O)C=Cc1c[nH]c2ncccc12. The van der Waals surface area contributed by atoms with Crippen molar-refractivity contribution in [1.82, 2.24) is 15.3 Å². The summed E-state index contributed by atoms with van der Waals surface area (Å²) in [6.07, 6.45) is 7.60. The van der Waals surface area contributed by atoms with E-state index < -0.39 is 0 Å². The Balaban J connectivity index is 1.43. The summed E-state index contributed by atoms with van der Waals surface area (Å²) in [4.78, 5) is 19.7. The zero-order valence-corrected chi connectivity index (χ0v) is 15.4. The fraction of sp³-hybridized carbons (Fsp3) is 0.130. The highest BCUT2D eigenvalue weighted by atomic mass is 16.1. The fourth-order valence-corrected chi connectivity index (χ4v) is 3.37. The van der Waals surface area contributed by atoms with Crippen molar-refractivity contribution >= 4 is 33.8 Å². The number of nitrogens with zero attached hydrogens (tertiary/aromatic N) is 1. The van der Waals surface area contributed by atoms with Gasteiger partial charge in [-0.25, -0.2) is 4.98 Å². The number of carbonyl (C=O) groups is 1. The number of aromatic amines is 1. The molecular formula is C23H22N4O. The summed E-state index contributed by atoms with van der Waals surface area (Å²) in [5.74, 6) is -0.158. The Morgan fingerprint density at radius 2 is 2.00 bits per heavy atom. The van der Waals surface area contributed by atoms with Crippen molar-refractivity contribution in [3.05, 3.63) is 84.2 Å². The predicted molar refractivity (Wildman–Crippen MR) is 114 cm³/mol. The van der Waals surface area contributed by atoms with Crippen LogP contribution in [0, 0.1) is 0 Å². The smallest absolute Gasteiger partial charge is 0.244 e. The van der Waals surface area contributed by atoms with Crippen molar-refractivity contribution < 1.29 is 4.79 Å². The molecule has 0 aliphatic carbocycles. The minimum Gasteiger partial charge on any atom is -0.348 e. The average Bonchev–Trinajstić information content (AvgIpc) is 3.15. The Kier molecular flexibility index (Phi) is 5.17. The first kappa shape index (κ1) is 17.9. The first-order chi connectivity index (χ1) is 13.7. The molecule has 4 aromatic rings. The van der Waals surface area contributed by atoms with Crippen LogP contribution >= 0.6 is 0 Å². The quantitative estimate of drug-likeness (QED) is 0.455. The number of H-pyrrole nitrogens is 1. The second-order valence-corrected chi connectivity index (χ2v) is 6.80. The Morgan fingerprint density at radius 3 is 2.86 bits per heavy atom. The highest BCUT2D eigenvalue weighted by Gasteiger charge is 2.10. The zero-order chi connectivity index (χ0) is 19.3. The number of benzene rings is 2. The van der Waals surface area contributed by atoms with E-state index in [1.165, 1.54) is 10.8 Å². The van der Waals surface area contributed by atoms with Gasteiger partial charge in [-0.3, -0.25) is 4.79 Å². The van der Waals surface area contributed by atoms with Gasteiger partial charge in [-0.1, -0.05) is 42.5 Å². The Morgan fingerprint density at radius 1 is 1.14 bits per heavy atom. The van der Waals surface area contributed by atoms with Crippen molar-refractivity contribution in [2.45, 2.75) is 12.5 Å². The lowest BCUT2D eigenvalue weighted by molar-refractivity contribution is -0.117. The van der Waals surface area contributed by atoms with E-state index >= 15 is 0 Å². The van der Waals surface area contributed by atoms with Gasteiger partial charge in [0.05, 0.1) is 0 Å². The molecule has 140 valence electrons. The van der Waals surface area contributed by atoms with Gasteiger partial charge in [-0.15, -0.1) is 0 Å². The van der Waals surface area contributed by atoms with Crippen LogP contribution in [-0.2, 0) is 11.2 Å². The van der Waals surface area contributed by atoms with Crippen LogP contribution < -0.4 is 11.1 Å². The van der Waals surface area contributed by atoms with E-state index in [1.54, 1.807) is 18.3 Å². The van der Waals surface area contributed by atoms with Crippen LogP contribution in [-0.4, -0.2) is 28.5 Å². The predicted octanol–water partition coefficient (Wildman–Crippen LogP) is 3.42. The van der Waals surface area contributed by atoms with Crippen molar-refractivity contribution in [1.29, 1.82) is 0 Å². The Labute approximate surface area is 163 Å². The largest absolute Gasteiger partial charge is 0.348 e. The van der Waals surface area contributed by atoms with Gasteiger partial charge in [0.25, 0.3) is 0 Å². The fourth-order valence-electron chi connectivity index (χ4n) is 3.37. The maximum Gasteiger partial charge on any atom is 0.244 e. The lowest BCUT2D eigenvalue weighted by Gasteiger charge is -2.16. The van der Waals surface area contributed by atoms with E-state index in [-0.39, 0.29) is 11.9 Å². The zero-order valence-electron chi connectivity index (χ0n) is 15.4. The van der Waals surface area contributed by atoms with Crippen LogP contribution in [0.4, 0.5) is 0 Å². The highest BCUT2D eigenvalue weighted by Crippen LogP contribution is 2.18. The number of hydrogen-bond donors (Lipinski definition) is 3. The molecule has 4 rings (SSSR count). The van der Waals surface area contributed by atoms with Gasteiger partial charge in [0.1, 0.15) is 5.65 Å². The second kappa shape index (κ2) is 8.06. The molecule has 0 aliphatic rings. The van der Waals surface area contributed by atoms with Gasteiger partial charge < -0.3 is 16.0 Å². The monoisotopic (exact) mass is 370 g/mol. The molecule has 0 bridgehead atoms. The molecule has 28 heavy (non-hydrogen) atoms. The Bertz CT molecular complexity index is 1150. The lowest BCUT2D eigenvalue weighted by Crippen LogP contribution is -2.40. The molecule has 0 unspecified atom stereocenters. The summed E-state index contributed by atoms with van der Waals surface area (Å²) >= 11 is 0. The number of nitrogens with one attached hydrogen (secondary N) is 2. The van der Waals surface area contributed by atoms with Gasteiger partial charge in [-0.05, 0) is 41.0 Å². The van der Waals surface area contributed by atoms with E-state index in [2.05, 4.69) is 45.6 Å². The molecular weight excluding hydrogens is 348 g/mol. The maximum absolute atomic E-state index is 12.4. The van der Waals surface area contributed by atoms with Gasteiger partial charge in [-0.2, -0.15) is 0 Å². The van der Waals surface area contributed by atoms with Crippen molar-refractivity contribution in [2.75, 3.05) is 6.54 Å². The van der Waals surface area contributed by atoms with Gasteiger partial charge >= 0.3 is 0 Å². The third-order valence-electron chi connectivity index (χ3n) is 4.82. The number of pyridine rings is 1. The van der Waals surface area contributed by atoms with Crippen LogP contribution in [0.25, 0.3) is 27.9 Å². The van der Waals surface area contributed by atoms with Crippen molar-refractivity contribution in [3.8, 4) is 0 Å². The van der Waals surface area contributed by atoms with Crippen molar-refractivity contribution in [2.24, 2.45) is 5.73 Å². The molecule has 4 N–H and O–H groups in total. The topological polar surface area (TPSA) is 83.8 Å². The number of fused-ring (bicyclic) bond motifs is 2. The molecule has 0 saturated heterocycles. The van der Waals surface area contributed by atoms with Crippen LogP contribution in [0.5, 0.6) is 0 Å². The third-order valence-corrected chi connectivity index (χ3v) is 4.82. The molecule has 2 heterocycles. The molecule has 1 atom stereocenters. The van der Waals surface area contributed by atoms with Crippen LogP contribution in [0.2, 0.25) is 0 Å². The number of carbonyl (C=O) groups excluding carboxylic acids is 1. The molecule has 0 radical (unpaired) electrons. The average molecular weight is 370 g/mol. The maximum atomic E-state index is 12.4. The third kappa shape index (κ3) is 3.94. The van der Waals surface area contributed by atoms with Gasteiger partial charge in [0, 0.05) is 42.0 Å². The number of rotatable bonds is 6. The molecule has 5 nitrogen and oxygen atoms in total. The summed E-state index contributed by atoms with van der Waals surface area (Å²) in [6, 6.07) is 18.3. The number of amides is 1. The standard InChI is InChI=1S/C23H22N4O/c24-14-20(13-16-7-8-17-4-1-2-5-18(17)12-16)27-22(28)10-9-19-15-26-23-21(19)6-3-11-25-23/h1-12,15,20H,13-14,24H2,(H,25,26)(H,27,28)/t20-/m0/s1. The number of hydrogen-bond acceptors (Lipinski definition) is 3. The van der Waals surface area contributed by atoms with E-state index in [4.69, 9.17) is 5.73 Å². The molecule has 5 heteroatoms. The second-order valence-electron chi connectivity index (χ2n) is 6.80. The van der Waals surface area contributed by atoms with Crippen LogP contribution in [0.1, 0.15) is 11.1 Å². The lowest BCUT2D eigenvalue weighted by atomic mass is 10.0. The molecule has 0 aliphatic heterocycles. The first-order valence-electron chi connectivity index (χ1n) is 9.31. The summed E-state index contributed by atoms with van der Waals surface area (Å²) in [7, 11) is 0. The number of aromatic nitrogens is 2. The molecule has 2 aromatic heterocycles. The molecule has 0 spiro atoms. The molecule has 0 saturated carbocycles. The van der Waals surface area contributed by atoms with E-state index in [0.717, 1.165) is 22.2 Å². The highest BCUT2D eigenvalue weighted by molar-refractivity contribution is 5.95. The van der Waals surface area contributed by atoms with Crippen LogP contribution in [0.3, 0.4) is 0 Å². The minimum absolute atomic E-state index is 0.122. The minimum atomic E-state index is -0.158. The van der Waals surface area contributed by atoms with E-state index in [1.807, 2.05) is 30.5 Å². The van der Waals surface area contributed by atoms with Gasteiger partial charge in [0.15, 0.2) is 0 Å². The summed E-state index contributed by atoms with van der Waals surface area (Å²) in [6.45, 7) is 0.378. The van der Waals surface area contributed by atoms with Crippen LogP contribution in [0.15, 0.2) is 73.1 Å². The molecule has 2 aromatic carbocycles. The van der Waals surface area contributed by atoms with E-state index in [0.29, 0.717) is 13.0 Å². The summed E-state index contributed by atoms with van der Waals surface area (Å²) in [5.41, 5.74) is 8.78. The van der Waals surface area contributed by atoms with E-state index in [9.17, 15) is 4.79 Å². The van der Waals surface area contributed by atoms with Gasteiger partial charge in [0.2, 0.25) is 5.91 Å². The summed E-state index contributed by atoms with van der Waals surface area (Å²) in [5, 5.41) is 6.38. The summed E-state index contributed by atoms with van der Waals surface area (Å²) < 4.78 is 0. The van der Waals surface area contributed by atoms with Crippen molar-refractivity contribution in [3.63, 3.8) is 0 Å². The first-order valence-corrected chi connectivity index (χ1v) is 9.31. The molecule has 0 fully saturated rings. The normalized spacial score (nSPS) is 12.6. The number of nitrogens with two attached hydrogens (primary N) is 1. The Hall–Kier alpha value is -3.44.